The third-order valence-corrected chi connectivity index (χ3v) is 3.48. The number of nitrogens with one attached hydrogen (secondary N) is 2. The van der Waals surface area contributed by atoms with Crippen LogP contribution in [0.25, 0.3) is 0 Å². The second-order valence-electron chi connectivity index (χ2n) is 5.93. The highest BCUT2D eigenvalue weighted by atomic mass is 16.5. The largest absolute Gasteiger partial charge is 0.465 e. The summed E-state index contributed by atoms with van der Waals surface area (Å²) in [5.74, 6) is 0.356. The lowest BCUT2D eigenvalue weighted by Gasteiger charge is -2.08. The SMILES string of the molecule is COC(=O)c1ccc(NC(=O)c2cnc(NCCC(C)C)nc2)cc1. The molecule has 1 aromatic heterocycles. The van der Waals surface area contributed by atoms with Crippen LogP contribution in [0.2, 0.25) is 0 Å². The van der Waals surface area contributed by atoms with Gasteiger partial charge in [-0.1, -0.05) is 13.8 Å². The van der Waals surface area contributed by atoms with E-state index >= 15 is 0 Å². The molecule has 0 aliphatic rings. The number of hydrogen-bond acceptors (Lipinski definition) is 6. The van der Waals surface area contributed by atoms with E-state index in [1.165, 1.54) is 19.5 Å². The van der Waals surface area contributed by atoms with Crippen LogP contribution in [0.15, 0.2) is 36.7 Å². The summed E-state index contributed by atoms with van der Waals surface area (Å²) in [4.78, 5) is 31.9. The van der Waals surface area contributed by atoms with Gasteiger partial charge >= 0.3 is 5.97 Å². The number of ether oxygens (including phenoxy) is 1. The van der Waals surface area contributed by atoms with Crippen LogP contribution in [0.3, 0.4) is 0 Å². The van der Waals surface area contributed by atoms with Crippen LogP contribution in [-0.4, -0.2) is 35.5 Å². The molecule has 0 unspecified atom stereocenters. The molecule has 0 aliphatic heterocycles. The van der Waals surface area contributed by atoms with E-state index in [9.17, 15) is 9.59 Å². The Hall–Kier alpha value is -2.96. The lowest BCUT2D eigenvalue weighted by molar-refractivity contribution is 0.0600. The van der Waals surface area contributed by atoms with Crippen LogP contribution in [0.5, 0.6) is 0 Å². The maximum Gasteiger partial charge on any atom is 0.337 e. The third kappa shape index (κ3) is 5.56. The average Bonchev–Trinajstić information content (AvgIpc) is 2.62. The van der Waals surface area contributed by atoms with Crippen molar-refractivity contribution < 1.29 is 14.3 Å². The van der Waals surface area contributed by atoms with Crippen molar-refractivity contribution in [1.82, 2.24) is 9.97 Å². The number of rotatable bonds is 7. The molecule has 0 aliphatic carbocycles. The first kappa shape index (κ1) is 18.4. The van der Waals surface area contributed by atoms with Gasteiger partial charge in [0.1, 0.15) is 0 Å². The van der Waals surface area contributed by atoms with Gasteiger partial charge in [0.15, 0.2) is 0 Å². The maximum absolute atomic E-state index is 12.2. The molecule has 1 heterocycles. The molecule has 0 bridgehead atoms. The number of carbonyl (C=O) groups is 2. The second-order valence-corrected chi connectivity index (χ2v) is 5.93. The fourth-order valence-corrected chi connectivity index (χ4v) is 2.02. The molecule has 2 N–H and O–H groups in total. The van der Waals surface area contributed by atoms with E-state index in [1.807, 2.05) is 0 Å². The molecule has 0 fully saturated rings. The number of aromatic nitrogens is 2. The molecule has 1 aromatic carbocycles. The van der Waals surface area contributed by atoms with Crippen molar-refractivity contribution in [3.8, 4) is 0 Å². The van der Waals surface area contributed by atoms with E-state index in [0.717, 1.165) is 13.0 Å². The Balaban J connectivity index is 1.93. The van der Waals surface area contributed by atoms with Gasteiger partial charge in [-0.3, -0.25) is 4.79 Å². The van der Waals surface area contributed by atoms with Gasteiger partial charge in [-0.2, -0.15) is 0 Å². The zero-order valence-electron chi connectivity index (χ0n) is 14.6. The van der Waals surface area contributed by atoms with Crippen LogP contribution < -0.4 is 10.6 Å². The number of carbonyl (C=O) groups excluding carboxylic acids is 2. The highest BCUT2D eigenvalue weighted by Gasteiger charge is 2.09. The fraction of sp³-hybridized carbons (Fsp3) is 0.333. The normalized spacial score (nSPS) is 10.4. The molecule has 2 rings (SSSR count). The summed E-state index contributed by atoms with van der Waals surface area (Å²) >= 11 is 0. The molecule has 1 amide bonds. The maximum atomic E-state index is 12.2. The number of methoxy groups -OCH3 is 1. The number of esters is 1. The summed E-state index contributed by atoms with van der Waals surface area (Å²) in [5, 5.41) is 5.84. The molecule has 7 nitrogen and oxygen atoms in total. The molecule has 25 heavy (non-hydrogen) atoms. The highest BCUT2D eigenvalue weighted by molar-refractivity contribution is 6.04. The van der Waals surface area contributed by atoms with Crippen LogP contribution in [0, 0.1) is 5.92 Å². The van der Waals surface area contributed by atoms with E-state index in [2.05, 4.69) is 39.2 Å². The molecule has 132 valence electrons. The lowest BCUT2D eigenvalue weighted by atomic mass is 10.1. The van der Waals surface area contributed by atoms with E-state index in [4.69, 9.17) is 0 Å². The van der Waals surface area contributed by atoms with Gasteiger partial charge < -0.3 is 15.4 Å². The monoisotopic (exact) mass is 342 g/mol. The molecular weight excluding hydrogens is 320 g/mol. The van der Waals surface area contributed by atoms with Crippen molar-refractivity contribution in [3.05, 3.63) is 47.8 Å². The standard InChI is InChI=1S/C18H22N4O3/c1-12(2)8-9-19-18-20-10-14(11-21-18)16(23)22-15-6-4-13(5-7-15)17(24)25-3/h4-7,10-12H,8-9H2,1-3H3,(H,22,23)(H,19,20,21). The molecule has 0 saturated heterocycles. The summed E-state index contributed by atoms with van der Waals surface area (Å²) < 4.78 is 4.63. The van der Waals surface area contributed by atoms with E-state index in [1.54, 1.807) is 24.3 Å². The number of amides is 1. The Kier molecular flexibility index (Phi) is 6.45. The quantitative estimate of drug-likeness (QED) is 0.752. The minimum absolute atomic E-state index is 0.320. The number of nitrogens with zero attached hydrogens (tertiary/aromatic N) is 2. The Bertz CT molecular complexity index is 712. The van der Waals surface area contributed by atoms with Gasteiger partial charge in [-0.05, 0) is 36.6 Å². The number of benzene rings is 1. The Morgan fingerprint density at radius 1 is 1.08 bits per heavy atom. The average molecular weight is 342 g/mol. The first-order valence-electron chi connectivity index (χ1n) is 8.05. The van der Waals surface area contributed by atoms with E-state index in [-0.39, 0.29) is 5.91 Å². The smallest absolute Gasteiger partial charge is 0.337 e. The first-order valence-corrected chi connectivity index (χ1v) is 8.05. The predicted molar refractivity (Wildman–Crippen MR) is 95.7 cm³/mol. The third-order valence-electron chi connectivity index (χ3n) is 3.48. The van der Waals surface area contributed by atoms with Crippen LogP contribution in [-0.2, 0) is 4.74 Å². The fourth-order valence-electron chi connectivity index (χ4n) is 2.02. The predicted octanol–water partition coefficient (Wildman–Crippen LogP) is 2.97. The molecule has 0 atom stereocenters. The van der Waals surface area contributed by atoms with Crippen LogP contribution >= 0.6 is 0 Å². The summed E-state index contributed by atoms with van der Waals surface area (Å²) in [5.41, 5.74) is 1.34. The van der Waals surface area contributed by atoms with Gasteiger partial charge in [-0.15, -0.1) is 0 Å². The highest BCUT2D eigenvalue weighted by Crippen LogP contribution is 2.12. The van der Waals surface area contributed by atoms with Crippen molar-refractivity contribution in [2.75, 3.05) is 24.3 Å². The summed E-state index contributed by atoms with van der Waals surface area (Å²) in [6, 6.07) is 6.43. The van der Waals surface area contributed by atoms with Gasteiger partial charge in [0, 0.05) is 24.6 Å². The van der Waals surface area contributed by atoms with Gasteiger partial charge in [0.05, 0.1) is 18.2 Å². The molecule has 2 aromatic rings. The Morgan fingerprint density at radius 2 is 1.72 bits per heavy atom. The van der Waals surface area contributed by atoms with Crippen molar-refractivity contribution in [2.24, 2.45) is 5.92 Å². The molecular formula is C18H22N4O3. The molecule has 0 spiro atoms. The minimum Gasteiger partial charge on any atom is -0.465 e. The van der Waals surface area contributed by atoms with Crippen molar-refractivity contribution in [2.45, 2.75) is 20.3 Å². The summed E-state index contributed by atoms with van der Waals surface area (Å²) in [6.45, 7) is 5.08. The van der Waals surface area contributed by atoms with Crippen molar-refractivity contribution in [1.29, 1.82) is 0 Å². The molecule has 0 radical (unpaired) electrons. The zero-order chi connectivity index (χ0) is 18.2. The summed E-state index contributed by atoms with van der Waals surface area (Å²) in [7, 11) is 1.32. The van der Waals surface area contributed by atoms with Gasteiger partial charge in [-0.25, -0.2) is 14.8 Å². The first-order chi connectivity index (χ1) is 12.0. The molecule has 7 heteroatoms. The lowest BCUT2D eigenvalue weighted by Crippen LogP contribution is -2.14. The number of hydrogen-bond donors (Lipinski definition) is 2. The van der Waals surface area contributed by atoms with Gasteiger partial charge in [0.25, 0.3) is 5.91 Å². The van der Waals surface area contributed by atoms with E-state index in [0.29, 0.717) is 28.7 Å². The van der Waals surface area contributed by atoms with E-state index < -0.39 is 5.97 Å². The van der Waals surface area contributed by atoms with Crippen LogP contribution in [0.1, 0.15) is 41.0 Å². The Labute approximate surface area is 146 Å². The van der Waals surface area contributed by atoms with Gasteiger partial charge in [0.2, 0.25) is 5.95 Å². The second kappa shape index (κ2) is 8.77. The van der Waals surface area contributed by atoms with Crippen molar-refractivity contribution >= 4 is 23.5 Å². The Morgan fingerprint density at radius 3 is 2.28 bits per heavy atom. The molecule has 0 saturated carbocycles. The minimum atomic E-state index is -0.424. The number of anilines is 2. The van der Waals surface area contributed by atoms with Crippen LogP contribution in [0.4, 0.5) is 11.6 Å². The van der Waals surface area contributed by atoms with Crippen molar-refractivity contribution in [3.63, 3.8) is 0 Å². The zero-order valence-corrected chi connectivity index (χ0v) is 14.6. The topological polar surface area (TPSA) is 93.2 Å². The summed E-state index contributed by atoms with van der Waals surface area (Å²) in [6.07, 6.45) is 3.97.